The van der Waals surface area contributed by atoms with Gasteiger partial charge < -0.3 is 10.1 Å². The highest BCUT2D eigenvalue weighted by Gasteiger charge is 2.11. The predicted molar refractivity (Wildman–Crippen MR) is 82.9 cm³/mol. The van der Waals surface area contributed by atoms with Crippen LogP contribution >= 0.6 is 0 Å². The molecule has 0 heterocycles. The molecule has 1 aromatic carbocycles. The number of unbranched alkanes of at least 4 members (excludes halogenated alkanes) is 1. The van der Waals surface area contributed by atoms with Gasteiger partial charge >= 0.3 is 0 Å². The third kappa shape index (κ3) is 4.05. The molecule has 0 spiro atoms. The Labute approximate surface area is 118 Å². The summed E-state index contributed by atoms with van der Waals surface area (Å²) in [6, 6.07) is 0. The van der Waals surface area contributed by atoms with Crippen molar-refractivity contribution in [3.8, 4) is 0 Å². The lowest BCUT2D eigenvalue weighted by atomic mass is 9.89. The second-order valence-electron chi connectivity index (χ2n) is 5.48. The van der Waals surface area contributed by atoms with Gasteiger partial charge in [0, 0.05) is 20.3 Å². The first-order chi connectivity index (χ1) is 9.00. The molecule has 1 rings (SSSR count). The van der Waals surface area contributed by atoms with E-state index >= 15 is 0 Å². The van der Waals surface area contributed by atoms with Crippen molar-refractivity contribution < 1.29 is 4.74 Å². The number of hydrogen-bond acceptors (Lipinski definition) is 2. The largest absolute Gasteiger partial charge is 0.385 e. The molecule has 19 heavy (non-hydrogen) atoms. The van der Waals surface area contributed by atoms with Crippen LogP contribution < -0.4 is 5.32 Å². The van der Waals surface area contributed by atoms with Gasteiger partial charge in [-0.3, -0.25) is 0 Å². The Bertz CT molecular complexity index is 395. The van der Waals surface area contributed by atoms with Gasteiger partial charge in [0.2, 0.25) is 0 Å². The Kier molecular flexibility index (Phi) is 6.53. The SMILES string of the molecule is COCCCCNCc1c(C)c(C)c(C)c(C)c1C. The molecular formula is C17H29NO. The fraction of sp³-hybridized carbons (Fsp3) is 0.647. The number of benzene rings is 1. The molecule has 0 unspecified atom stereocenters. The van der Waals surface area contributed by atoms with Crippen molar-refractivity contribution in [2.45, 2.75) is 54.0 Å². The lowest BCUT2D eigenvalue weighted by Crippen LogP contribution is -2.18. The topological polar surface area (TPSA) is 21.3 Å². The molecule has 0 radical (unpaired) electrons. The molecule has 0 saturated heterocycles. The maximum atomic E-state index is 5.06. The number of hydrogen-bond donors (Lipinski definition) is 1. The van der Waals surface area contributed by atoms with Gasteiger partial charge in [-0.1, -0.05) is 0 Å². The molecule has 2 nitrogen and oxygen atoms in total. The van der Waals surface area contributed by atoms with Gasteiger partial charge in [-0.25, -0.2) is 0 Å². The summed E-state index contributed by atoms with van der Waals surface area (Å²) >= 11 is 0. The van der Waals surface area contributed by atoms with Crippen LogP contribution in [-0.4, -0.2) is 20.3 Å². The number of nitrogens with one attached hydrogen (secondary N) is 1. The van der Waals surface area contributed by atoms with Crippen LogP contribution in [0, 0.1) is 34.6 Å². The zero-order valence-corrected chi connectivity index (χ0v) is 13.4. The van der Waals surface area contributed by atoms with Crippen molar-refractivity contribution in [2.75, 3.05) is 20.3 Å². The first-order valence-corrected chi connectivity index (χ1v) is 7.26. The van der Waals surface area contributed by atoms with E-state index in [-0.39, 0.29) is 0 Å². The van der Waals surface area contributed by atoms with Crippen LogP contribution in [0.25, 0.3) is 0 Å². The van der Waals surface area contributed by atoms with E-state index in [1.54, 1.807) is 7.11 Å². The maximum absolute atomic E-state index is 5.06. The second kappa shape index (κ2) is 7.66. The normalized spacial score (nSPS) is 11.1. The molecule has 1 N–H and O–H groups in total. The van der Waals surface area contributed by atoms with Crippen molar-refractivity contribution in [3.63, 3.8) is 0 Å². The first kappa shape index (κ1) is 16.2. The Morgan fingerprint density at radius 1 is 0.789 bits per heavy atom. The third-order valence-electron chi connectivity index (χ3n) is 4.41. The highest BCUT2D eigenvalue weighted by Crippen LogP contribution is 2.25. The highest BCUT2D eigenvalue weighted by atomic mass is 16.5. The van der Waals surface area contributed by atoms with E-state index < -0.39 is 0 Å². The predicted octanol–water partition coefficient (Wildman–Crippen LogP) is 3.74. The van der Waals surface area contributed by atoms with Crippen molar-refractivity contribution in [3.05, 3.63) is 33.4 Å². The maximum Gasteiger partial charge on any atom is 0.0462 e. The Morgan fingerprint density at radius 3 is 1.84 bits per heavy atom. The van der Waals surface area contributed by atoms with E-state index in [1.165, 1.54) is 39.8 Å². The molecule has 0 aliphatic rings. The van der Waals surface area contributed by atoms with Crippen LogP contribution in [0.1, 0.15) is 46.2 Å². The first-order valence-electron chi connectivity index (χ1n) is 7.26. The van der Waals surface area contributed by atoms with Gasteiger partial charge in [0.05, 0.1) is 0 Å². The molecule has 0 amide bonds. The van der Waals surface area contributed by atoms with Gasteiger partial charge in [0.1, 0.15) is 0 Å². The van der Waals surface area contributed by atoms with E-state index in [2.05, 4.69) is 39.9 Å². The number of ether oxygens (including phenoxy) is 1. The molecule has 2 heteroatoms. The zero-order chi connectivity index (χ0) is 14.4. The van der Waals surface area contributed by atoms with E-state index in [0.29, 0.717) is 0 Å². The third-order valence-corrected chi connectivity index (χ3v) is 4.41. The molecule has 108 valence electrons. The average molecular weight is 263 g/mol. The smallest absolute Gasteiger partial charge is 0.0462 e. The minimum absolute atomic E-state index is 0.864. The van der Waals surface area contributed by atoms with Gasteiger partial charge in [-0.15, -0.1) is 0 Å². The van der Waals surface area contributed by atoms with Crippen LogP contribution in [-0.2, 0) is 11.3 Å². The van der Waals surface area contributed by atoms with Gasteiger partial charge in [0.15, 0.2) is 0 Å². The van der Waals surface area contributed by atoms with Crippen molar-refractivity contribution in [2.24, 2.45) is 0 Å². The summed E-state index contributed by atoms with van der Waals surface area (Å²) < 4.78 is 5.06. The molecule has 0 atom stereocenters. The summed E-state index contributed by atoms with van der Waals surface area (Å²) in [7, 11) is 1.76. The van der Waals surface area contributed by atoms with Gasteiger partial charge in [0.25, 0.3) is 0 Å². The summed E-state index contributed by atoms with van der Waals surface area (Å²) in [5.41, 5.74) is 8.71. The fourth-order valence-corrected chi connectivity index (χ4v) is 2.55. The summed E-state index contributed by atoms with van der Waals surface area (Å²) in [4.78, 5) is 0. The van der Waals surface area contributed by atoms with Crippen LogP contribution in [0.3, 0.4) is 0 Å². The molecule has 1 aromatic rings. The van der Waals surface area contributed by atoms with Crippen molar-refractivity contribution in [1.82, 2.24) is 5.32 Å². The molecular weight excluding hydrogens is 234 g/mol. The summed E-state index contributed by atoms with van der Waals surface area (Å²) in [5, 5.41) is 3.56. The fourth-order valence-electron chi connectivity index (χ4n) is 2.55. The molecule has 0 fully saturated rings. The average Bonchev–Trinajstić information content (AvgIpc) is 2.41. The highest BCUT2D eigenvalue weighted by molar-refractivity contribution is 5.49. The van der Waals surface area contributed by atoms with E-state index in [1.807, 2.05) is 0 Å². The lowest BCUT2D eigenvalue weighted by molar-refractivity contribution is 0.192. The Morgan fingerprint density at radius 2 is 1.32 bits per heavy atom. The Balaban J connectivity index is 2.64. The van der Waals surface area contributed by atoms with Gasteiger partial charge in [-0.05, 0) is 87.4 Å². The van der Waals surface area contributed by atoms with Crippen LogP contribution in [0.4, 0.5) is 0 Å². The second-order valence-corrected chi connectivity index (χ2v) is 5.48. The molecule has 0 aliphatic heterocycles. The van der Waals surface area contributed by atoms with Crippen LogP contribution in [0.5, 0.6) is 0 Å². The molecule has 0 bridgehead atoms. The molecule has 0 saturated carbocycles. The number of methoxy groups -OCH3 is 1. The lowest BCUT2D eigenvalue weighted by Gasteiger charge is -2.19. The van der Waals surface area contributed by atoms with Crippen LogP contribution in [0.15, 0.2) is 0 Å². The van der Waals surface area contributed by atoms with Gasteiger partial charge in [-0.2, -0.15) is 0 Å². The Hall–Kier alpha value is -0.860. The standard InChI is InChI=1S/C17H29NO/c1-12-13(2)15(4)17(16(5)14(12)3)11-18-9-7-8-10-19-6/h18H,7-11H2,1-6H3. The van der Waals surface area contributed by atoms with Crippen molar-refractivity contribution in [1.29, 1.82) is 0 Å². The minimum Gasteiger partial charge on any atom is -0.385 e. The van der Waals surface area contributed by atoms with Crippen molar-refractivity contribution >= 4 is 0 Å². The minimum atomic E-state index is 0.864. The molecule has 0 aromatic heterocycles. The summed E-state index contributed by atoms with van der Waals surface area (Å²) in [5.74, 6) is 0. The van der Waals surface area contributed by atoms with E-state index in [9.17, 15) is 0 Å². The van der Waals surface area contributed by atoms with Crippen LogP contribution in [0.2, 0.25) is 0 Å². The zero-order valence-electron chi connectivity index (χ0n) is 13.4. The number of rotatable bonds is 7. The molecule has 0 aliphatic carbocycles. The van der Waals surface area contributed by atoms with E-state index in [0.717, 1.165) is 26.1 Å². The monoisotopic (exact) mass is 263 g/mol. The summed E-state index contributed by atoms with van der Waals surface area (Å²) in [6.45, 7) is 14.1. The quantitative estimate of drug-likeness (QED) is 0.757. The van der Waals surface area contributed by atoms with E-state index in [4.69, 9.17) is 4.74 Å². The summed E-state index contributed by atoms with van der Waals surface area (Å²) in [6.07, 6.45) is 2.31.